The van der Waals surface area contributed by atoms with Gasteiger partial charge in [-0.3, -0.25) is 0 Å². The molecule has 0 saturated heterocycles. The first kappa shape index (κ1) is 14.3. The van der Waals surface area contributed by atoms with E-state index in [0.717, 1.165) is 29.6 Å². The van der Waals surface area contributed by atoms with Gasteiger partial charge >= 0.3 is 0 Å². The summed E-state index contributed by atoms with van der Waals surface area (Å²) in [6, 6.07) is 11.2. The summed E-state index contributed by atoms with van der Waals surface area (Å²) in [5.74, 6) is 0.945. The highest BCUT2D eigenvalue weighted by Gasteiger charge is 2.19. The van der Waals surface area contributed by atoms with Gasteiger partial charge in [0.15, 0.2) is 0 Å². The molecule has 2 atom stereocenters. The summed E-state index contributed by atoms with van der Waals surface area (Å²) in [5, 5.41) is 4.68. The zero-order valence-electron chi connectivity index (χ0n) is 12.5. The van der Waals surface area contributed by atoms with Crippen LogP contribution in [0.1, 0.15) is 31.2 Å². The molecule has 1 aliphatic carbocycles. The maximum Gasteiger partial charge on any atom is 0.126 e. The van der Waals surface area contributed by atoms with Gasteiger partial charge in [0.05, 0.1) is 12.1 Å². The quantitative estimate of drug-likeness (QED) is 0.906. The molecule has 2 unspecified atom stereocenters. The molecule has 1 fully saturated rings. The molecule has 0 amide bonds. The molecule has 4 heteroatoms. The number of nitrogens with two attached hydrogens (primary N) is 1. The average Bonchev–Trinajstić information content (AvgIpc) is 2.48. The van der Waals surface area contributed by atoms with Crippen LogP contribution in [0, 0.1) is 0 Å². The molecule has 21 heavy (non-hydrogen) atoms. The van der Waals surface area contributed by atoms with Gasteiger partial charge in [-0.15, -0.1) is 0 Å². The molecule has 1 heterocycles. The van der Waals surface area contributed by atoms with E-state index >= 15 is 0 Å². The highest BCUT2D eigenvalue weighted by molar-refractivity contribution is 5.81. The van der Waals surface area contributed by atoms with Crippen molar-refractivity contribution in [1.29, 1.82) is 0 Å². The number of rotatable bonds is 4. The van der Waals surface area contributed by atoms with Crippen molar-refractivity contribution >= 4 is 16.7 Å². The van der Waals surface area contributed by atoms with Gasteiger partial charge in [-0.1, -0.05) is 6.07 Å². The van der Waals surface area contributed by atoms with Gasteiger partial charge in [0, 0.05) is 24.6 Å². The minimum absolute atomic E-state index is 0.327. The van der Waals surface area contributed by atoms with Crippen molar-refractivity contribution in [2.75, 3.05) is 12.4 Å². The largest absolute Gasteiger partial charge is 0.380 e. The molecular weight excluding hydrogens is 262 g/mol. The van der Waals surface area contributed by atoms with E-state index in [0.29, 0.717) is 18.7 Å². The van der Waals surface area contributed by atoms with Crippen LogP contribution in [-0.4, -0.2) is 24.2 Å². The van der Waals surface area contributed by atoms with Gasteiger partial charge in [-0.2, -0.15) is 0 Å². The lowest BCUT2D eigenvalue weighted by Gasteiger charge is -2.27. The second-order valence-electron chi connectivity index (χ2n) is 5.92. The Labute approximate surface area is 125 Å². The SMILES string of the molecule is COCc1ccc2nc(NC3CCCC(N)C3)ccc2c1. The fourth-order valence-corrected chi connectivity index (χ4v) is 3.08. The van der Waals surface area contributed by atoms with E-state index in [1.165, 1.54) is 18.4 Å². The first-order valence-electron chi connectivity index (χ1n) is 7.65. The van der Waals surface area contributed by atoms with Gasteiger partial charge in [0.25, 0.3) is 0 Å². The predicted octanol–water partition coefficient (Wildman–Crippen LogP) is 3.06. The third kappa shape index (κ3) is 3.52. The lowest BCUT2D eigenvalue weighted by molar-refractivity contribution is 0.185. The first-order valence-corrected chi connectivity index (χ1v) is 7.65. The summed E-state index contributed by atoms with van der Waals surface area (Å²) in [6.07, 6.45) is 4.56. The number of fused-ring (bicyclic) bond motifs is 1. The summed E-state index contributed by atoms with van der Waals surface area (Å²) in [6.45, 7) is 0.635. The van der Waals surface area contributed by atoms with Crippen molar-refractivity contribution in [3.05, 3.63) is 35.9 Å². The topological polar surface area (TPSA) is 60.2 Å². The number of methoxy groups -OCH3 is 1. The van der Waals surface area contributed by atoms with Crippen LogP contribution < -0.4 is 11.1 Å². The van der Waals surface area contributed by atoms with Crippen LogP contribution in [0.4, 0.5) is 5.82 Å². The molecule has 0 aliphatic heterocycles. The predicted molar refractivity (Wildman–Crippen MR) is 86.3 cm³/mol. The number of pyridine rings is 1. The second kappa shape index (κ2) is 6.41. The molecule has 0 radical (unpaired) electrons. The van der Waals surface area contributed by atoms with Crippen molar-refractivity contribution in [3.63, 3.8) is 0 Å². The van der Waals surface area contributed by atoms with E-state index in [1.54, 1.807) is 7.11 Å². The molecule has 1 aliphatic rings. The Morgan fingerprint density at radius 1 is 1.29 bits per heavy atom. The maximum atomic E-state index is 6.04. The Morgan fingerprint density at radius 2 is 2.19 bits per heavy atom. The van der Waals surface area contributed by atoms with Crippen LogP contribution in [0.25, 0.3) is 10.9 Å². The van der Waals surface area contributed by atoms with E-state index in [4.69, 9.17) is 15.5 Å². The zero-order chi connectivity index (χ0) is 14.7. The lowest BCUT2D eigenvalue weighted by Crippen LogP contribution is -2.35. The van der Waals surface area contributed by atoms with Crippen LogP contribution in [0.5, 0.6) is 0 Å². The average molecular weight is 285 g/mol. The van der Waals surface area contributed by atoms with Crippen molar-refractivity contribution in [2.45, 2.75) is 44.4 Å². The molecule has 3 N–H and O–H groups in total. The maximum absolute atomic E-state index is 6.04. The number of anilines is 1. The number of nitrogens with zero attached hydrogens (tertiary/aromatic N) is 1. The molecule has 0 spiro atoms. The molecule has 4 nitrogen and oxygen atoms in total. The van der Waals surface area contributed by atoms with E-state index < -0.39 is 0 Å². The fraction of sp³-hybridized carbons (Fsp3) is 0.471. The van der Waals surface area contributed by atoms with E-state index in [1.807, 2.05) is 0 Å². The van der Waals surface area contributed by atoms with E-state index in [-0.39, 0.29) is 0 Å². The molecule has 1 aromatic heterocycles. The molecule has 3 rings (SSSR count). The summed E-state index contributed by atoms with van der Waals surface area (Å²) in [4.78, 5) is 4.70. The number of nitrogens with one attached hydrogen (secondary N) is 1. The normalized spacial score (nSPS) is 22.4. The molecule has 2 aromatic rings. The minimum Gasteiger partial charge on any atom is -0.380 e. The van der Waals surface area contributed by atoms with Crippen LogP contribution in [-0.2, 0) is 11.3 Å². The Balaban J connectivity index is 1.76. The Bertz CT molecular complexity index is 614. The van der Waals surface area contributed by atoms with Crippen LogP contribution in [0.15, 0.2) is 30.3 Å². The molecule has 0 bridgehead atoms. The number of hydrogen-bond acceptors (Lipinski definition) is 4. The van der Waals surface area contributed by atoms with Crippen molar-refractivity contribution < 1.29 is 4.74 Å². The van der Waals surface area contributed by atoms with Crippen LogP contribution in [0.3, 0.4) is 0 Å². The van der Waals surface area contributed by atoms with Gasteiger partial charge in [-0.25, -0.2) is 4.98 Å². The van der Waals surface area contributed by atoms with E-state index in [9.17, 15) is 0 Å². The summed E-state index contributed by atoms with van der Waals surface area (Å²) in [7, 11) is 1.71. The Morgan fingerprint density at radius 3 is 3.00 bits per heavy atom. The molecule has 112 valence electrons. The van der Waals surface area contributed by atoms with Gasteiger partial charge < -0.3 is 15.8 Å². The lowest BCUT2D eigenvalue weighted by atomic mass is 9.91. The standard InChI is InChI=1S/C17H23N3O/c1-21-11-12-5-7-16-13(9-12)6-8-17(20-16)19-15-4-2-3-14(18)10-15/h5-9,14-15H,2-4,10-11,18H2,1H3,(H,19,20). The van der Waals surface area contributed by atoms with Crippen molar-refractivity contribution in [2.24, 2.45) is 5.73 Å². The second-order valence-corrected chi connectivity index (χ2v) is 5.92. The smallest absolute Gasteiger partial charge is 0.126 e. The fourth-order valence-electron chi connectivity index (χ4n) is 3.08. The molecular formula is C17H23N3O. The Kier molecular flexibility index (Phi) is 4.36. The molecule has 1 aromatic carbocycles. The van der Waals surface area contributed by atoms with Gasteiger partial charge in [-0.05, 0) is 55.5 Å². The highest BCUT2D eigenvalue weighted by atomic mass is 16.5. The number of ether oxygens (including phenoxy) is 1. The summed E-state index contributed by atoms with van der Waals surface area (Å²) < 4.78 is 5.17. The van der Waals surface area contributed by atoms with Gasteiger partial charge in [0.2, 0.25) is 0 Å². The minimum atomic E-state index is 0.327. The summed E-state index contributed by atoms with van der Waals surface area (Å²) in [5.41, 5.74) is 8.23. The third-order valence-electron chi connectivity index (χ3n) is 4.13. The monoisotopic (exact) mass is 285 g/mol. The number of hydrogen-bond donors (Lipinski definition) is 2. The highest BCUT2D eigenvalue weighted by Crippen LogP contribution is 2.22. The third-order valence-corrected chi connectivity index (χ3v) is 4.13. The first-order chi connectivity index (χ1) is 10.2. The van der Waals surface area contributed by atoms with Crippen LogP contribution in [0.2, 0.25) is 0 Å². The molecule has 1 saturated carbocycles. The summed E-state index contributed by atoms with van der Waals surface area (Å²) >= 11 is 0. The van der Waals surface area contributed by atoms with Crippen molar-refractivity contribution in [3.8, 4) is 0 Å². The van der Waals surface area contributed by atoms with Crippen LogP contribution >= 0.6 is 0 Å². The van der Waals surface area contributed by atoms with E-state index in [2.05, 4.69) is 35.6 Å². The van der Waals surface area contributed by atoms with Gasteiger partial charge in [0.1, 0.15) is 5.82 Å². The zero-order valence-corrected chi connectivity index (χ0v) is 12.5. The number of benzene rings is 1. The van der Waals surface area contributed by atoms with Crippen molar-refractivity contribution in [1.82, 2.24) is 4.98 Å². The number of aromatic nitrogens is 1. The Hall–Kier alpha value is -1.65.